The molecule has 2 heterocycles. The number of nitrogens with zero attached hydrogens (tertiary/aromatic N) is 3. The molecule has 0 saturated carbocycles. The van der Waals surface area contributed by atoms with E-state index in [-0.39, 0.29) is 6.61 Å². The highest BCUT2D eigenvalue weighted by Gasteiger charge is 2.27. The molecule has 0 amide bonds. The van der Waals surface area contributed by atoms with Crippen molar-refractivity contribution >= 4 is 27.4 Å². The number of nitrogens with one attached hydrogen (secondary N) is 1. The molecule has 2 aromatic heterocycles. The molecule has 21 heavy (non-hydrogen) atoms. The van der Waals surface area contributed by atoms with Gasteiger partial charge in [-0.25, -0.2) is 9.97 Å². The maximum atomic E-state index is 9.86. The van der Waals surface area contributed by atoms with Crippen molar-refractivity contribution in [2.75, 3.05) is 11.9 Å². The Kier molecular flexibility index (Phi) is 3.65. The molecule has 1 atom stereocenters. The maximum absolute atomic E-state index is 9.86. The van der Waals surface area contributed by atoms with Gasteiger partial charge >= 0.3 is 0 Å². The third-order valence-corrected chi connectivity index (χ3v) is 3.85. The Balaban J connectivity index is 2.05. The normalized spacial score (nSPS) is 14.0. The number of hydrogen-bond acceptors (Lipinski definition) is 4. The summed E-state index contributed by atoms with van der Waals surface area (Å²) in [6, 6.07) is 9.80. The number of halogens is 1. The van der Waals surface area contributed by atoms with Gasteiger partial charge in [0.15, 0.2) is 11.5 Å². The molecule has 0 bridgehead atoms. The van der Waals surface area contributed by atoms with Gasteiger partial charge in [-0.1, -0.05) is 30.3 Å². The number of benzene rings is 1. The summed E-state index contributed by atoms with van der Waals surface area (Å²) in [6.07, 6.45) is 5.41. The zero-order valence-corrected chi connectivity index (χ0v) is 13.1. The standard InChI is InChI=1S/C15H15BrN4O/c1-15(10-21,11-5-3-2-4-6-11)19-13-14-17-7-8-20(14)9-12(16)18-13/h2-9,21H,10H2,1H3,(H,18,19). The lowest BCUT2D eigenvalue weighted by atomic mass is 9.93. The van der Waals surface area contributed by atoms with Crippen LogP contribution in [0, 0.1) is 0 Å². The van der Waals surface area contributed by atoms with Crippen LogP contribution in [0.25, 0.3) is 5.65 Å². The predicted molar refractivity (Wildman–Crippen MR) is 85.2 cm³/mol. The van der Waals surface area contributed by atoms with Crippen LogP contribution in [0.15, 0.2) is 53.5 Å². The van der Waals surface area contributed by atoms with E-state index in [9.17, 15) is 5.11 Å². The van der Waals surface area contributed by atoms with Gasteiger partial charge in [-0.2, -0.15) is 0 Å². The summed E-state index contributed by atoms with van der Waals surface area (Å²) >= 11 is 3.39. The van der Waals surface area contributed by atoms with Crippen molar-refractivity contribution < 1.29 is 5.11 Å². The highest BCUT2D eigenvalue weighted by molar-refractivity contribution is 9.10. The first-order valence-corrected chi connectivity index (χ1v) is 7.35. The lowest BCUT2D eigenvalue weighted by Gasteiger charge is -2.30. The molecule has 6 heteroatoms. The summed E-state index contributed by atoms with van der Waals surface area (Å²) in [5, 5.41) is 13.2. The molecule has 1 aromatic carbocycles. The highest BCUT2D eigenvalue weighted by Crippen LogP contribution is 2.27. The van der Waals surface area contributed by atoms with E-state index in [4.69, 9.17) is 0 Å². The molecule has 0 radical (unpaired) electrons. The van der Waals surface area contributed by atoms with Gasteiger partial charge in [-0.3, -0.25) is 0 Å². The topological polar surface area (TPSA) is 62.5 Å². The summed E-state index contributed by atoms with van der Waals surface area (Å²) in [7, 11) is 0. The largest absolute Gasteiger partial charge is 0.394 e. The molecule has 3 aromatic rings. The molecule has 0 aliphatic rings. The van der Waals surface area contributed by atoms with Crippen LogP contribution < -0.4 is 5.32 Å². The first-order valence-electron chi connectivity index (χ1n) is 6.56. The molecule has 5 nitrogen and oxygen atoms in total. The SMILES string of the molecule is CC(CO)(Nc1nc(Br)cn2ccnc12)c1ccccc1. The zero-order valence-electron chi connectivity index (χ0n) is 11.5. The first-order chi connectivity index (χ1) is 10.1. The van der Waals surface area contributed by atoms with Crippen LogP contribution in [0.2, 0.25) is 0 Å². The molecule has 0 aliphatic heterocycles. The van der Waals surface area contributed by atoms with Crippen molar-refractivity contribution in [1.82, 2.24) is 14.4 Å². The number of anilines is 1. The number of hydrogen-bond donors (Lipinski definition) is 2. The lowest BCUT2D eigenvalue weighted by Crippen LogP contribution is -2.36. The monoisotopic (exact) mass is 346 g/mol. The number of fused-ring (bicyclic) bond motifs is 1. The van der Waals surface area contributed by atoms with Crippen molar-refractivity contribution in [1.29, 1.82) is 0 Å². The van der Waals surface area contributed by atoms with Crippen molar-refractivity contribution in [3.63, 3.8) is 0 Å². The van der Waals surface area contributed by atoms with E-state index in [1.807, 2.05) is 54.0 Å². The van der Waals surface area contributed by atoms with Gasteiger partial charge in [0, 0.05) is 18.6 Å². The summed E-state index contributed by atoms with van der Waals surface area (Å²) in [4.78, 5) is 8.75. The molecule has 3 rings (SSSR count). The van der Waals surface area contributed by atoms with E-state index < -0.39 is 5.54 Å². The highest BCUT2D eigenvalue weighted by atomic mass is 79.9. The van der Waals surface area contributed by atoms with E-state index in [2.05, 4.69) is 31.2 Å². The van der Waals surface area contributed by atoms with E-state index >= 15 is 0 Å². The Morgan fingerprint density at radius 1 is 1.33 bits per heavy atom. The van der Waals surface area contributed by atoms with Crippen LogP contribution in [0.5, 0.6) is 0 Å². The first kappa shape index (κ1) is 14.0. The van der Waals surface area contributed by atoms with E-state index in [0.717, 1.165) is 5.56 Å². The van der Waals surface area contributed by atoms with Gasteiger partial charge in [0.2, 0.25) is 0 Å². The average Bonchev–Trinajstić information content (AvgIpc) is 2.96. The zero-order chi connectivity index (χ0) is 14.9. The molecule has 0 spiro atoms. The van der Waals surface area contributed by atoms with Gasteiger partial charge in [0.1, 0.15) is 4.60 Å². The van der Waals surface area contributed by atoms with Crippen LogP contribution >= 0.6 is 15.9 Å². The average molecular weight is 347 g/mol. The van der Waals surface area contributed by atoms with E-state index in [0.29, 0.717) is 16.1 Å². The maximum Gasteiger partial charge on any atom is 0.180 e. The molecule has 108 valence electrons. The Bertz CT molecular complexity index is 759. The van der Waals surface area contributed by atoms with Crippen LogP contribution in [0.1, 0.15) is 12.5 Å². The molecular formula is C15H15BrN4O. The van der Waals surface area contributed by atoms with Crippen molar-refractivity contribution in [3.8, 4) is 0 Å². The summed E-state index contributed by atoms with van der Waals surface area (Å²) < 4.78 is 2.58. The number of aliphatic hydroxyl groups is 1. The Labute approximate surface area is 130 Å². The van der Waals surface area contributed by atoms with Crippen molar-refractivity contribution in [2.24, 2.45) is 0 Å². The fourth-order valence-corrected chi connectivity index (χ4v) is 2.65. The van der Waals surface area contributed by atoms with Gasteiger partial charge < -0.3 is 14.8 Å². The summed E-state index contributed by atoms with van der Waals surface area (Å²) in [5.74, 6) is 0.620. The van der Waals surface area contributed by atoms with Crippen LogP contribution in [-0.4, -0.2) is 26.1 Å². The molecular weight excluding hydrogens is 332 g/mol. The Hall–Kier alpha value is -1.92. The second-order valence-corrected chi connectivity index (χ2v) is 5.86. The number of imidazole rings is 1. The molecule has 0 fully saturated rings. The van der Waals surface area contributed by atoms with Crippen molar-refractivity contribution in [2.45, 2.75) is 12.5 Å². The Morgan fingerprint density at radius 3 is 2.81 bits per heavy atom. The third-order valence-electron chi connectivity index (χ3n) is 3.47. The number of aromatic nitrogens is 3. The van der Waals surface area contributed by atoms with Gasteiger partial charge in [0.25, 0.3) is 0 Å². The van der Waals surface area contributed by atoms with E-state index in [1.54, 1.807) is 6.20 Å². The minimum absolute atomic E-state index is 0.0575. The van der Waals surface area contributed by atoms with E-state index in [1.165, 1.54) is 0 Å². The van der Waals surface area contributed by atoms with Crippen LogP contribution in [0.4, 0.5) is 5.82 Å². The smallest absolute Gasteiger partial charge is 0.180 e. The quantitative estimate of drug-likeness (QED) is 0.762. The Morgan fingerprint density at radius 2 is 2.10 bits per heavy atom. The van der Waals surface area contributed by atoms with Crippen LogP contribution in [0.3, 0.4) is 0 Å². The summed E-state index contributed by atoms with van der Waals surface area (Å²) in [6.45, 7) is 1.88. The third kappa shape index (κ3) is 2.64. The van der Waals surface area contributed by atoms with Crippen LogP contribution in [-0.2, 0) is 5.54 Å². The molecule has 2 N–H and O–H groups in total. The second kappa shape index (κ2) is 5.46. The predicted octanol–water partition coefficient (Wildman–Crippen LogP) is 2.81. The molecule has 1 unspecified atom stereocenters. The minimum Gasteiger partial charge on any atom is -0.394 e. The fraction of sp³-hybridized carbons (Fsp3) is 0.200. The van der Waals surface area contributed by atoms with Gasteiger partial charge in [0.05, 0.1) is 12.1 Å². The number of aliphatic hydroxyl groups excluding tert-OH is 1. The van der Waals surface area contributed by atoms with Gasteiger partial charge in [-0.05, 0) is 28.4 Å². The van der Waals surface area contributed by atoms with Gasteiger partial charge in [-0.15, -0.1) is 0 Å². The fourth-order valence-electron chi connectivity index (χ4n) is 2.26. The summed E-state index contributed by atoms with van der Waals surface area (Å²) in [5.41, 5.74) is 1.06. The molecule has 0 saturated heterocycles. The lowest BCUT2D eigenvalue weighted by molar-refractivity contribution is 0.224. The molecule has 0 aliphatic carbocycles. The minimum atomic E-state index is -0.637. The second-order valence-electron chi connectivity index (χ2n) is 5.05. The van der Waals surface area contributed by atoms with Crippen molar-refractivity contribution in [3.05, 3.63) is 59.1 Å². The number of rotatable bonds is 4.